The Kier molecular flexibility index (Phi) is 3.37. The number of amides is 1. The minimum absolute atomic E-state index is 0.0695. The number of carbonyl (C=O) groups is 1. The molecule has 1 aliphatic heterocycles. The van der Waals surface area contributed by atoms with Crippen molar-refractivity contribution in [2.75, 3.05) is 12.0 Å². The van der Waals surface area contributed by atoms with Gasteiger partial charge in [0.15, 0.2) is 11.6 Å². The molecule has 0 spiro atoms. The standard InChI is InChI=1S/C17H16FNO2/c1-11-9-12-5-3-4-6-15(12)19(11)17(20)13-7-8-16(21-2)14(18)10-13/h3-8,10-11H,9H2,1-2H3/t11-/m1/s1. The highest BCUT2D eigenvalue weighted by Crippen LogP contribution is 2.33. The third-order valence-electron chi connectivity index (χ3n) is 3.82. The second-order valence-electron chi connectivity index (χ2n) is 5.21. The Bertz CT molecular complexity index is 699. The fourth-order valence-electron chi connectivity index (χ4n) is 2.81. The van der Waals surface area contributed by atoms with Crippen LogP contribution in [-0.2, 0) is 6.42 Å². The molecule has 0 saturated carbocycles. The molecule has 1 amide bonds. The van der Waals surface area contributed by atoms with Crippen molar-refractivity contribution in [1.29, 1.82) is 0 Å². The average molecular weight is 285 g/mol. The lowest BCUT2D eigenvalue weighted by atomic mass is 10.1. The monoisotopic (exact) mass is 285 g/mol. The van der Waals surface area contributed by atoms with Crippen LogP contribution in [0.25, 0.3) is 0 Å². The number of rotatable bonds is 2. The molecule has 4 heteroatoms. The third-order valence-corrected chi connectivity index (χ3v) is 3.82. The van der Waals surface area contributed by atoms with E-state index >= 15 is 0 Å². The van der Waals surface area contributed by atoms with Gasteiger partial charge in [0, 0.05) is 17.3 Å². The first-order chi connectivity index (χ1) is 10.1. The Morgan fingerprint density at radius 3 is 2.76 bits per heavy atom. The van der Waals surface area contributed by atoms with Gasteiger partial charge >= 0.3 is 0 Å². The van der Waals surface area contributed by atoms with Crippen molar-refractivity contribution in [2.45, 2.75) is 19.4 Å². The van der Waals surface area contributed by atoms with Gasteiger partial charge in [-0.25, -0.2) is 4.39 Å². The highest BCUT2D eigenvalue weighted by molar-refractivity contribution is 6.07. The molecule has 0 radical (unpaired) electrons. The summed E-state index contributed by atoms with van der Waals surface area (Å²) in [5.41, 5.74) is 2.38. The number of hydrogen-bond donors (Lipinski definition) is 0. The van der Waals surface area contributed by atoms with Crippen LogP contribution in [0.15, 0.2) is 42.5 Å². The van der Waals surface area contributed by atoms with Gasteiger partial charge in [0.05, 0.1) is 7.11 Å². The largest absolute Gasteiger partial charge is 0.494 e. The number of methoxy groups -OCH3 is 1. The summed E-state index contributed by atoms with van der Waals surface area (Å²) >= 11 is 0. The van der Waals surface area contributed by atoms with E-state index in [1.807, 2.05) is 31.2 Å². The summed E-state index contributed by atoms with van der Waals surface area (Å²) in [4.78, 5) is 14.4. The fraction of sp³-hybridized carbons (Fsp3) is 0.235. The maximum atomic E-state index is 13.8. The van der Waals surface area contributed by atoms with E-state index in [0.717, 1.165) is 17.7 Å². The van der Waals surface area contributed by atoms with Crippen molar-refractivity contribution in [3.8, 4) is 5.75 Å². The Labute approximate surface area is 123 Å². The predicted octanol–water partition coefficient (Wildman–Crippen LogP) is 3.43. The van der Waals surface area contributed by atoms with Gasteiger partial charge in [-0.2, -0.15) is 0 Å². The smallest absolute Gasteiger partial charge is 0.258 e. The number of hydrogen-bond acceptors (Lipinski definition) is 2. The zero-order valence-electron chi connectivity index (χ0n) is 12.0. The van der Waals surface area contributed by atoms with E-state index in [1.54, 1.807) is 11.0 Å². The van der Waals surface area contributed by atoms with Crippen molar-refractivity contribution in [2.24, 2.45) is 0 Å². The molecule has 1 heterocycles. The number of halogens is 1. The quantitative estimate of drug-likeness (QED) is 0.846. The van der Waals surface area contributed by atoms with Gasteiger partial charge in [-0.1, -0.05) is 18.2 Å². The van der Waals surface area contributed by atoms with Gasteiger partial charge in [-0.15, -0.1) is 0 Å². The van der Waals surface area contributed by atoms with Crippen LogP contribution < -0.4 is 9.64 Å². The molecular weight excluding hydrogens is 269 g/mol. The molecule has 0 aromatic heterocycles. The molecule has 0 unspecified atom stereocenters. The minimum atomic E-state index is -0.525. The first-order valence-electron chi connectivity index (χ1n) is 6.87. The summed E-state index contributed by atoms with van der Waals surface area (Å²) in [6.45, 7) is 2.00. The van der Waals surface area contributed by atoms with E-state index in [9.17, 15) is 9.18 Å². The van der Waals surface area contributed by atoms with Crippen LogP contribution in [0.3, 0.4) is 0 Å². The number of para-hydroxylation sites is 1. The topological polar surface area (TPSA) is 29.5 Å². The van der Waals surface area contributed by atoms with Crippen LogP contribution >= 0.6 is 0 Å². The summed E-state index contributed by atoms with van der Waals surface area (Å²) in [6, 6.07) is 12.2. The molecule has 0 fully saturated rings. The number of benzene rings is 2. The van der Waals surface area contributed by atoms with E-state index < -0.39 is 5.82 Å². The second kappa shape index (κ2) is 5.20. The molecule has 0 N–H and O–H groups in total. The van der Waals surface area contributed by atoms with Crippen LogP contribution in [-0.4, -0.2) is 19.1 Å². The van der Waals surface area contributed by atoms with Crippen molar-refractivity contribution in [1.82, 2.24) is 0 Å². The number of anilines is 1. The molecule has 1 aliphatic rings. The maximum Gasteiger partial charge on any atom is 0.258 e. The lowest BCUT2D eigenvalue weighted by Gasteiger charge is -2.23. The van der Waals surface area contributed by atoms with E-state index in [0.29, 0.717) is 5.56 Å². The van der Waals surface area contributed by atoms with Crippen molar-refractivity contribution in [3.05, 3.63) is 59.4 Å². The van der Waals surface area contributed by atoms with E-state index in [1.165, 1.54) is 19.2 Å². The van der Waals surface area contributed by atoms with Crippen LogP contribution in [0, 0.1) is 5.82 Å². The maximum absolute atomic E-state index is 13.8. The Morgan fingerprint density at radius 1 is 1.29 bits per heavy atom. The van der Waals surface area contributed by atoms with Crippen LogP contribution in [0.5, 0.6) is 5.75 Å². The van der Waals surface area contributed by atoms with Gasteiger partial charge < -0.3 is 9.64 Å². The van der Waals surface area contributed by atoms with Gasteiger partial charge in [-0.3, -0.25) is 4.79 Å². The summed E-state index contributed by atoms with van der Waals surface area (Å²) in [5.74, 6) is -0.570. The zero-order valence-corrected chi connectivity index (χ0v) is 12.0. The zero-order chi connectivity index (χ0) is 15.0. The molecule has 2 aromatic carbocycles. The molecule has 3 nitrogen and oxygen atoms in total. The Hall–Kier alpha value is -2.36. The molecular formula is C17H16FNO2. The average Bonchev–Trinajstić information content (AvgIpc) is 2.82. The molecule has 1 atom stereocenters. The van der Waals surface area contributed by atoms with Crippen molar-refractivity contribution < 1.29 is 13.9 Å². The molecule has 0 saturated heterocycles. The highest BCUT2D eigenvalue weighted by Gasteiger charge is 2.31. The summed E-state index contributed by atoms with van der Waals surface area (Å²) in [6.07, 6.45) is 0.820. The van der Waals surface area contributed by atoms with Crippen molar-refractivity contribution in [3.63, 3.8) is 0 Å². The molecule has 2 aromatic rings. The first-order valence-corrected chi connectivity index (χ1v) is 6.87. The number of ether oxygens (including phenoxy) is 1. The summed E-state index contributed by atoms with van der Waals surface area (Å²) < 4.78 is 18.7. The third kappa shape index (κ3) is 2.27. The van der Waals surface area contributed by atoms with Gasteiger partial charge in [0.2, 0.25) is 0 Å². The van der Waals surface area contributed by atoms with E-state index in [4.69, 9.17) is 4.74 Å². The van der Waals surface area contributed by atoms with Crippen molar-refractivity contribution >= 4 is 11.6 Å². The minimum Gasteiger partial charge on any atom is -0.494 e. The Balaban J connectivity index is 1.97. The number of fused-ring (bicyclic) bond motifs is 1. The number of nitrogens with zero attached hydrogens (tertiary/aromatic N) is 1. The lowest BCUT2D eigenvalue weighted by molar-refractivity contribution is 0.0981. The fourth-order valence-corrected chi connectivity index (χ4v) is 2.81. The second-order valence-corrected chi connectivity index (χ2v) is 5.21. The van der Waals surface area contributed by atoms with E-state index in [-0.39, 0.29) is 17.7 Å². The van der Waals surface area contributed by atoms with Crippen LogP contribution in [0.2, 0.25) is 0 Å². The van der Waals surface area contributed by atoms with Gasteiger partial charge in [0.25, 0.3) is 5.91 Å². The van der Waals surface area contributed by atoms with E-state index in [2.05, 4.69) is 0 Å². The molecule has 0 aliphatic carbocycles. The summed E-state index contributed by atoms with van der Waals surface area (Å²) in [7, 11) is 1.40. The lowest BCUT2D eigenvalue weighted by Crippen LogP contribution is -2.35. The molecule has 108 valence electrons. The van der Waals surface area contributed by atoms with Crippen LogP contribution in [0.1, 0.15) is 22.8 Å². The highest BCUT2D eigenvalue weighted by atomic mass is 19.1. The van der Waals surface area contributed by atoms with Crippen LogP contribution in [0.4, 0.5) is 10.1 Å². The van der Waals surface area contributed by atoms with Gasteiger partial charge in [-0.05, 0) is 43.2 Å². The molecule has 3 rings (SSSR count). The Morgan fingerprint density at radius 2 is 2.05 bits per heavy atom. The van der Waals surface area contributed by atoms with Gasteiger partial charge in [0.1, 0.15) is 0 Å². The molecule has 0 bridgehead atoms. The number of carbonyl (C=O) groups excluding carboxylic acids is 1. The SMILES string of the molecule is COc1ccc(C(=O)N2c3ccccc3C[C@H]2C)cc1F. The molecule has 21 heavy (non-hydrogen) atoms. The predicted molar refractivity (Wildman–Crippen MR) is 79.4 cm³/mol. The first kappa shape index (κ1) is 13.6. The summed E-state index contributed by atoms with van der Waals surface area (Å²) in [5, 5.41) is 0. The normalized spacial score (nSPS) is 16.7.